The van der Waals surface area contributed by atoms with Crippen molar-refractivity contribution in [3.05, 3.63) is 47.0 Å². The molecule has 1 nitrogen and oxygen atoms in total. The van der Waals surface area contributed by atoms with E-state index < -0.39 is 17.3 Å². The molecule has 1 aromatic carbocycles. The van der Waals surface area contributed by atoms with Crippen molar-refractivity contribution in [1.29, 1.82) is 5.26 Å². The van der Waals surface area contributed by atoms with Crippen LogP contribution in [0.1, 0.15) is 12.5 Å². The minimum atomic E-state index is -4.60. The third-order valence-electron chi connectivity index (χ3n) is 1.93. The maximum Gasteiger partial charge on any atom is 0.425 e. The molecule has 0 aromatic heterocycles. The Morgan fingerprint density at radius 1 is 1.18 bits per heavy atom. The number of hydrogen-bond donors (Lipinski definition) is 0. The Bertz CT molecular complexity index is 522. The molecule has 0 aliphatic heterocycles. The predicted molar refractivity (Wildman–Crippen MR) is 57.7 cm³/mol. The quantitative estimate of drug-likeness (QED) is 0.499. The molecule has 1 aromatic rings. The van der Waals surface area contributed by atoms with E-state index in [1.54, 1.807) is 30.3 Å². The SMILES string of the molecule is CC(C#N)=C(C#Cc1ccccc1)C(F)(F)F. The molecule has 0 heterocycles. The monoisotopic (exact) mass is 235 g/mol. The van der Waals surface area contributed by atoms with Crippen LogP contribution in [-0.4, -0.2) is 6.18 Å². The minimum absolute atomic E-state index is 0.430. The highest BCUT2D eigenvalue weighted by atomic mass is 19.4. The van der Waals surface area contributed by atoms with Gasteiger partial charge in [0.25, 0.3) is 0 Å². The van der Waals surface area contributed by atoms with Crippen molar-refractivity contribution in [3.63, 3.8) is 0 Å². The highest BCUT2D eigenvalue weighted by molar-refractivity contribution is 5.47. The lowest BCUT2D eigenvalue weighted by Crippen LogP contribution is -2.12. The number of halogens is 3. The van der Waals surface area contributed by atoms with Gasteiger partial charge >= 0.3 is 6.18 Å². The summed E-state index contributed by atoms with van der Waals surface area (Å²) in [4.78, 5) is 0. The summed E-state index contributed by atoms with van der Waals surface area (Å²) in [5.74, 6) is 4.40. The summed E-state index contributed by atoms with van der Waals surface area (Å²) in [5.41, 5.74) is -1.05. The summed E-state index contributed by atoms with van der Waals surface area (Å²) < 4.78 is 37.6. The van der Waals surface area contributed by atoms with E-state index in [-0.39, 0.29) is 0 Å². The standard InChI is InChI=1S/C13H8F3N/c1-10(9-17)12(13(14,15)16)8-7-11-5-3-2-4-6-11/h2-6H,1H3. The van der Waals surface area contributed by atoms with Gasteiger partial charge in [0.1, 0.15) is 5.57 Å². The molecule has 0 atom stereocenters. The van der Waals surface area contributed by atoms with Gasteiger partial charge in [0.15, 0.2) is 0 Å². The third-order valence-corrected chi connectivity index (χ3v) is 1.93. The Hall–Kier alpha value is -2.20. The molecule has 0 amide bonds. The predicted octanol–water partition coefficient (Wildman–Crippen LogP) is 3.44. The van der Waals surface area contributed by atoms with Crippen LogP contribution in [0.3, 0.4) is 0 Å². The van der Waals surface area contributed by atoms with Gasteiger partial charge in [-0.15, -0.1) is 0 Å². The average molecular weight is 235 g/mol. The van der Waals surface area contributed by atoms with Crippen molar-refractivity contribution in [2.24, 2.45) is 0 Å². The van der Waals surface area contributed by atoms with Gasteiger partial charge in [0.2, 0.25) is 0 Å². The Kier molecular flexibility index (Phi) is 3.96. The summed E-state index contributed by atoms with van der Waals surface area (Å²) in [5, 5.41) is 8.49. The third kappa shape index (κ3) is 3.70. The lowest BCUT2D eigenvalue weighted by atomic mass is 10.1. The first-order chi connectivity index (χ1) is 7.95. The van der Waals surface area contributed by atoms with E-state index in [4.69, 9.17) is 5.26 Å². The zero-order valence-electron chi connectivity index (χ0n) is 8.97. The molecule has 0 radical (unpaired) electrons. The number of nitriles is 1. The first-order valence-electron chi connectivity index (χ1n) is 4.70. The Morgan fingerprint density at radius 2 is 1.76 bits per heavy atom. The summed E-state index contributed by atoms with van der Waals surface area (Å²) in [6, 6.07) is 9.76. The molecule has 0 aliphatic carbocycles. The second-order valence-electron chi connectivity index (χ2n) is 3.23. The zero-order valence-corrected chi connectivity index (χ0v) is 8.97. The van der Waals surface area contributed by atoms with Gasteiger partial charge < -0.3 is 0 Å². The molecular weight excluding hydrogens is 227 g/mol. The van der Waals surface area contributed by atoms with Crippen LogP contribution in [-0.2, 0) is 0 Å². The Labute approximate surface area is 97.2 Å². The van der Waals surface area contributed by atoms with Gasteiger partial charge in [-0.25, -0.2) is 0 Å². The summed E-state index contributed by atoms with van der Waals surface area (Å²) in [6.45, 7) is 1.10. The van der Waals surface area contributed by atoms with Crippen LogP contribution in [0.2, 0.25) is 0 Å². The topological polar surface area (TPSA) is 23.8 Å². The fraction of sp³-hybridized carbons (Fsp3) is 0.154. The van der Waals surface area contributed by atoms with E-state index in [2.05, 4.69) is 5.92 Å². The lowest BCUT2D eigenvalue weighted by Gasteiger charge is -2.05. The molecule has 0 spiro atoms. The van der Waals surface area contributed by atoms with Gasteiger partial charge in [-0.1, -0.05) is 30.0 Å². The van der Waals surface area contributed by atoms with E-state index in [9.17, 15) is 13.2 Å². The van der Waals surface area contributed by atoms with Gasteiger partial charge in [-0.05, 0) is 19.1 Å². The fourth-order valence-corrected chi connectivity index (χ4v) is 1.09. The molecule has 0 bridgehead atoms. The average Bonchev–Trinajstić information content (AvgIpc) is 2.28. The van der Waals surface area contributed by atoms with Crippen LogP contribution in [0.15, 0.2) is 41.5 Å². The number of nitrogens with zero attached hydrogens (tertiary/aromatic N) is 1. The molecule has 17 heavy (non-hydrogen) atoms. The van der Waals surface area contributed by atoms with Crippen LogP contribution in [0, 0.1) is 23.2 Å². The second kappa shape index (κ2) is 5.23. The minimum Gasteiger partial charge on any atom is -0.193 e. The van der Waals surface area contributed by atoms with E-state index in [1.165, 1.54) is 6.07 Å². The normalized spacial score (nSPS) is 11.9. The molecule has 0 saturated carbocycles. The Morgan fingerprint density at radius 3 is 2.24 bits per heavy atom. The molecule has 86 valence electrons. The number of hydrogen-bond acceptors (Lipinski definition) is 1. The molecule has 0 fully saturated rings. The summed E-state index contributed by atoms with van der Waals surface area (Å²) in [6.07, 6.45) is -4.60. The molecular formula is C13H8F3N. The smallest absolute Gasteiger partial charge is 0.193 e. The van der Waals surface area contributed by atoms with E-state index in [1.807, 2.05) is 5.92 Å². The van der Waals surface area contributed by atoms with Gasteiger partial charge in [-0.3, -0.25) is 0 Å². The summed E-state index contributed by atoms with van der Waals surface area (Å²) in [7, 11) is 0. The van der Waals surface area contributed by atoms with Gasteiger partial charge in [0, 0.05) is 11.1 Å². The first-order valence-corrected chi connectivity index (χ1v) is 4.70. The van der Waals surface area contributed by atoms with Crippen LogP contribution in [0.25, 0.3) is 0 Å². The summed E-state index contributed by atoms with van der Waals surface area (Å²) >= 11 is 0. The van der Waals surface area contributed by atoms with Crippen molar-refractivity contribution < 1.29 is 13.2 Å². The first kappa shape index (κ1) is 12.9. The van der Waals surface area contributed by atoms with Crippen LogP contribution in [0.4, 0.5) is 13.2 Å². The number of allylic oxidation sites excluding steroid dienone is 2. The molecule has 0 N–H and O–H groups in total. The number of alkyl halides is 3. The van der Waals surface area contributed by atoms with Crippen molar-refractivity contribution in [2.75, 3.05) is 0 Å². The maximum atomic E-state index is 12.5. The van der Waals surface area contributed by atoms with Crippen LogP contribution < -0.4 is 0 Å². The molecule has 0 unspecified atom stereocenters. The Balaban J connectivity index is 3.16. The fourth-order valence-electron chi connectivity index (χ4n) is 1.09. The molecule has 0 aliphatic rings. The maximum absolute atomic E-state index is 12.5. The van der Waals surface area contributed by atoms with Gasteiger partial charge in [0.05, 0.1) is 6.07 Å². The van der Waals surface area contributed by atoms with Crippen molar-refractivity contribution in [3.8, 4) is 17.9 Å². The van der Waals surface area contributed by atoms with Gasteiger partial charge in [-0.2, -0.15) is 18.4 Å². The molecule has 0 saturated heterocycles. The van der Waals surface area contributed by atoms with Crippen molar-refractivity contribution >= 4 is 0 Å². The number of benzene rings is 1. The molecule has 1 rings (SSSR count). The van der Waals surface area contributed by atoms with Crippen molar-refractivity contribution in [1.82, 2.24) is 0 Å². The highest BCUT2D eigenvalue weighted by Crippen LogP contribution is 2.27. The van der Waals surface area contributed by atoms with Crippen molar-refractivity contribution in [2.45, 2.75) is 13.1 Å². The second-order valence-corrected chi connectivity index (χ2v) is 3.23. The highest BCUT2D eigenvalue weighted by Gasteiger charge is 2.34. The van der Waals surface area contributed by atoms with E-state index in [0.29, 0.717) is 5.56 Å². The van der Waals surface area contributed by atoms with Crippen LogP contribution >= 0.6 is 0 Å². The number of rotatable bonds is 0. The van der Waals surface area contributed by atoms with E-state index in [0.717, 1.165) is 6.92 Å². The lowest BCUT2D eigenvalue weighted by molar-refractivity contribution is -0.0877. The molecule has 4 heteroatoms. The largest absolute Gasteiger partial charge is 0.425 e. The van der Waals surface area contributed by atoms with Crippen LogP contribution in [0.5, 0.6) is 0 Å². The van der Waals surface area contributed by atoms with E-state index >= 15 is 0 Å². The zero-order chi connectivity index (χ0) is 12.9.